The van der Waals surface area contributed by atoms with E-state index < -0.39 is 36.0 Å². The molecule has 0 unspecified atom stereocenters. The van der Waals surface area contributed by atoms with Gasteiger partial charge in [-0.15, -0.1) is 0 Å². The number of esters is 1. The number of benzene rings is 1. The maximum atomic E-state index is 13.6. The van der Waals surface area contributed by atoms with E-state index in [2.05, 4.69) is 5.32 Å². The lowest BCUT2D eigenvalue weighted by Crippen LogP contribution is -2.47. The van der Waals surface area contributed by atoms with Crippen LogP contribution in [0, 0.1) is 17.6 Å². The van der Waals surface area contributed by atoms with Crippen molar-refractivity contribution >= 4 is 11.9 Å². The van der Waals surface area contributed by atoms with Crippen molar-refractivity contribution < 1.29 is 23.1 Å². The molecule has 1 aromatic carbocycles. The normalized spacial score (nSPS) is 16.7. The molecule has 1 aliphatic carbocycles. The summed E-state index contributed by atoms with van der Waals surface area (Å²) < 4.78 is 32.0. The van der Waals surface area contributed by atoms with Crippen LogP contribution in [0.3, 0.4) is 0 Å². The van der Waals surface area contributed by atoms with Gasteiger partial charge in [0.25, 0.3) is 0 Å². The van der Waals surface area contributed by atoms with Crippen LogP contribution in [0.15, 0.2) is 18.2 Å². The van der Waals surface area contributed by atoms with Gasteiger partial charge in [-0.3, -0.25) is 4.79 Å². The Morgan fingerprint density at radius 2 is 1.83 bits per heavy atom. The lowest BCUT2D eigenvalue weighted by Gasteiger charge is -2.29. The molecule has 0 radical (unpaired) electrons. The third-order valence-electron chi connectivity index (χ3n) is 4.29. The molecule has 1 N–H and O–H groups in total. The van der Waals surface area contributed by atoms with Crippen molar-refractivity contribution in [3.63, 3.8) is 0 Å². The Hall–Kier alpha value is -1.98. The second-order valence-corrected chi connectivity index (χ2v) is 5.84. The maximum absolute atomic E-state index is 13.6. The van der Waals surface area contributed by atoms with Crippen molar-refractivity contribution in [2.24, 2.45) is 5.92 Å². The summed E-state index contributed by atoms with van der Waals surface area (Å²) in [5, 5.41) is 2.59. The molecule has 1 amide bonds. The van der Waals surface area contributed by atoms with Crippen LogP contribution < -0.4 is 5.32 Å². The highest BCUT2D eigenvalue weighted by Crippen LogP contribution is 2.27. The number of rotatable bonds is 5. The minimum Gasteiger partial charge on any atom is -0.467 e. The van der Waals surface area contributed by atoms with Crippen molar-refractivity contribution in [1.82, 2.24) is 5.32 Å². The van der Waals surface area contributed by atoms with Gasteiger partial charge < -0.3 is 10.1 Å². The monoisotopic (exact) mass is 325 g/mol. The predicted octanol–water partition coefficient (Wildman–Crippen LogP) is 2.75. The minimum atomic E-state index is -0.771. The molecular weight excluding hydrogens is 304 g/mol. The van der Waals surface area contributed by atoms with E-state index in [0.29, 0.717) is 0 Å². The zero-order valence-corrected chi connectivity index (χ0v) is 13.1. The van der Waals surface area contributed by atoms with E-state index in [9.17, 15) is 18.4 Å². The summed E-state index contributed by atoms with van der Waals surface area (Å²) in [6.07, 6.45) is 4.31. The molecule has 2 rings (SSSR count). The fourth-order valence-electron chi connectivity index (χ4n) is 3.05. The molecule has 1 aromatic rings. The van der Waals surface area contributed by atoms with Gasteiger partial charge in [-0.1, -0.05) is 25.3 Å². The average Bonchev–Trinajstić information content (AvgIpc) is 2.56. The fourth-order valence-corrected chi connectivity index (χ4v) is 3.05. The highest BCUT2D eigenvalue weighted by atomic mass is 19.1. The number of nitrogens with one attached hydrogen (secondary N) is 1. The Morgan fingerprint density at radius 1 is 1.22 bits per heavy atom. The van der Waals surface area contributed by atoms with Crippen LogP contribution in [0.2, 0.25) is 0 Å². The predicted molar refractivity (Wildman–Crippen MR) is 80.6 cm³/mol. The van der Waals surface area contributed by atoms with Crippen LogP contribution in [-0.4, -0.2) is 25.0 Å². The summed E-state index contributed by atoms with van der Waals surface area (Å²) in [6.45, 7) is 0. The first-order valence-corrected chi connectivity index (χ1v) is 7.83. The molecule has 0 heterocycles. The molecule has 1 saturated carbocycles. The average molecular weight is 325 g/mol. The topological polar surface area (TPSA) is 55.4 Å². The first-order valence-electron chi connectivity index (χ1n) is 7.83. The van der Waals surface area contributed by atoms with Crippen molar-refractivity contribution in [1.29, 1.82) is 0 Å². The van der Waals surface area contributed by atoms with Gasteiger partial charge in [0, 0.05) is 5.56 Å². The van der Waals surface area contributed by atoms with E-state index in [1.807, 2.05) is 0 Å². The van der Waals surface area contributed by atoms with Crippen LogP contribution in [0.25, 0.3) is 0 Å². The summed E-state index contributed by atoms with van der Waals surface area (Å²) in [4.78, 5) is 24.1. The molecule has 1 aliphatic rings. The summed E-state index contributed by atoms with van der Waals surface area (Å²) in [5.41, 5.74) is -0.294. The zero-order chi connectivity index (χ0) is 16.8. The Kier molecular flexibility index (Phi) is 6.07. The highest BCUT2D eigenvalue weighted by molar-refractivity contribution is 5.85. The minimum absolute atomic E-state index is 0.00520. The molecule has 0 aromatic heterocycles. The van der Waals surface area contributed by atoms with Crippen LogP contribution in [0.1, 0.15) is 37.7 Å². The highest BCUT2D eigenvalue weighted by Gasteiger charge is 2.31. The molecule has 1 atom stereocenters. The Balaban J connectivity index is 2.06. The molecule has 0 saturated heterocycles. The first kappa shape index (κ1) is 17.4. The van der Waals surface area contributed by atoms with Crippen molar-refractivity contribution in [3.05, 3.63) is 35.4 Å². The van der Waals surface area contributed by atoms with Gasteiger partial charge in [-0.25, -0.2) is 13.6 Å². The van der Waals surface area contributed by atoms with E-state index in [0.717, 1.165) is 44.2 Å². The molecule has 4 nitrogen and oxygen atoms in total. The second-order valence-electron chi connectivity index (χ2n) is 5.84. The largest absolute Gasteiger partial charge is 0.467 e. The Labute approximate surface area is 134 Å². The number of hydrogen-bond acceptors (Lipinski definition) is 3. The molecule has 1 fully saturated rings. The quantitative estimate of drug-likeness (QED) is 0.847. The van der Waals surface area contributed by atoms with Crippen molar-refractivity contribution in [2.45, 2.75) is 44.6 Å². The number of halogens is 2. The summed E-state index contributed by atoms with van der Waals surface area (Å²) >= 11 is 0. The number of carbonyl (C=O) groups is 2. The van der Waals surface area contributed by atoms with E-state index in [1.165, 1.54) is 13.2 Å². The van der Waals surface area contributed by atoms with E-state index in [-0.39, 0.29) is 11.5 Å². The van der Waals surface area contributed by atoms with Gasteiger partial charge >= 0.3 is 5.97 Å². The SMILES string of the molecule is COC(=O)[C@@H](NC(=O)Cc1c(F)cccc1F)C1CCCCC1. The summed E-state index contributed by atoms with van der Waals surface area (Å²) in [5.74, 6) is -2.64. The Morgan fingerprint density at radius 3 is 2.39 bits per heavy atom. The number of carbonyl (C=O) groups excluding carboxylic acids is 2. The molecule has 6 heteroatoms. The van der Waals surface area contributed by atoms with Crippen LogP contribution >= 0.6 is 0 Å². The van der Waals surface area contributed by atoms with Crippen LogP contribution in [0.4, 0.5) is 8.78 Å². The van der Waals surface area contributed by atoms with E-state index in [4.69, 9.17) is 4.74 Å². The maximum Gasteiger partial charge on any atom is 0.328 e. The number of ether oxygens (including phenoxy) is 1. The van der Waals surface area contributed by atoms with Crippen LogP contribution in [-0.2, 0) is 20.7 Å². The molecule has 0 bridgehead atoms. The smallest absolute Gasteiger partial charge is 0.328 e. The molecule has 0 spiro atoms. The van der Waals surface area contributed by atoms with Gasteiger partial charge in [0.1, 0.15) is 17.7 Å². The number of hydrogen-bond donors (Lipinski definition) is 1. The molecule has 23 heavy (non-hydrogen) atoms. The molecular formula is C17H21F2NO3. The fraction of sp³-hybridized carbons (Fsp3) is 0.529. The zero-order valence-electron chi connectivity index (χ0n) is 13.1. The standard InChI is InChI=1S/C17H21F2NO3/c1-23-17(22)16(11-6-3-2-4-7-11)20-15(21)10-12-13(18)8-5-9-14(12)19/h5,8-9,11,16H,2-4,6-7,10H2,1H3,(H,20,21)/t16-/m0/s1. The molecule has 0 aliphatic heterocycles. The third kappa shape index (κ3) is 4.50. The number of amides is 1. The Bertz CT molecular complexity index is 551. The van der Waals surface area contributed by atoms with Gasteiger partial charge in [-0.05, 0) is 30.9 Å². The van der Waals surface area contributed by atoms with Gasteiger partial charge in [0.2, 0.25) is 5.91 Å². The van der Waals surface area contributed by atoms with Gasteiger partial charge in [0.05, 0.1) is 13.5 Å². The lowest BCUT2D eigenvalue weighted by atomic mass is 9.83. The van der Waals surface area contributed by atoms with Crippen molar-refractivity contribution in [2.75, 3.05) is 7.11 Å². The summed E-state index contributed by atoms with van der Waals surface area (Å²) in [6, 6.07) is 2.68. The second kappa shape index (κ2) is 8.04. The van der Waals surface area contributed by atoms with Gasteiger partial charge in [-0.2, -0.15) is 0 Å². The first-order chi connectivity index (χ1) is 11.0. The van der Waals surface area contributed by atoms with E-state index in [1.54, 1.807) is 0 Å². The van der Waals surface area contributed by atoms with E-state index >= 15 is 0 Å². The van der Waals surface area contributed by atoms with Crippen LogP contribution in [0.5, 0.6) is 0 Å². The number of methoxy groups -OCH3 is 1. The van der Waals surface area contributed by atoms with Gasteiger partial charge in [0.15, 0.2) is 0 Å². The van der Waals surface area contributed by atoms with Crippen molar-refractivity contribution in [3.8, 4) is 0 Å². The molecule has 126 valence electrons. The lowest BCUT2D eigenvalue weighted by molar-refractivity contribution is -0.147. The third-order valence-corrected chi connectivity index (χ3v) is 4.29. The summed E-state index contributed by atoms with van der Waals surface area (Å²) in [7, 11) is 1.26.